The Kier molecular flexibility index (Phi) is 4.46. The van der Waals surface area contributed by atoms with E-state index in [9.17, 15) is 0 Å². The molecule has 3 aromatic rings. The zero-order chi connectivity index (χ0) is 14.7. The lowest BCUT2D eigenvalue weighted by atomic mass is 9.93. The Morgan fingerprint density at radius 1 is 0.714 bits per heavy atom. The van der Waals surface area contributed by atoms with Crippen LogP contribution in [-0.4, -0.2) is 22.5 Å². The minimum atomic E-state index is 0.216. The van der Waals surface area contributed by atoms with Crippen LogP contribution < -0.4 is 0 Å². The van der Waals surface area contributed by atoms with Gasteiger partial charge in [0.25, 0.3) is 0 Å². The van der Waals surface area contributed by atoms with E-state index in [4.69, 9.17) is 0 Å². The molecule has 2 heterocycles. The molecule has 0 unspecified atom stereocenters. The summed E-state index contributed by atoms with van der Waals surface area (Å²) >= 11 is 3.47. The van der Waals surface area contributed by atoms with E-state index in [1.54, 1.807) is 23.5 Å². The van der Waals surface area contributed by atoms with E-state index in [-0.39, 0.29) is 5.92 Å². The number of aromatic nitrogens is 2. The second kappa shape index (κ2) is 6.50. The van der Waals surface area contributed by atoms with Gasteiger partial charge in [0.1, 0.15) is 0 Å². The van der Waals surface area contributed by atoms with Gasteiger partial charge in [0.05, 0.1) is 16.0 Å². The molecule has 0 saturated carbocycles. The van der Waals surface area contributed by atoms with Crippen molar-refractivity contribution in [1.29, 1.82) is 0 Å². The lowest BCUT2D eigenvalue weighted by Gasteiger charge is -2.15. The largest absolute Gasteiger partial charge is 0.353 e. The van der Waals surface area contributed by atoms with Crippen LogP contribution in [0.5, 0.6) is 0 Å². The minimum absolute atomic E-state index is 0.216. The van der Waals surface area contributed by atoms with Gasteiger partial charge in [0, 0.05) is 11.4 Å². The molecule has 2 aromatic heterocycles. The Bertz CT molecular complexity index is 658. The fourth-order valence-corrected chi connectivity index (χ4v) is 3.38. The molecule has 0 spiro atoms. The quantitative estimate of drug-likeness (QED) is 0.652. The summed E-state index contributed by atoms with van der Waals surface area (Å²) in [6.07, 6.45) is 4.18. The number of rotatable bonds is 5. The van der Waals surface area contributed by atoms with Gasteiger partial charge in [-0.05, 0) is 42.3 Å². The van der Waals surface area contributed by atoms with E-state index in [0.29, 0.717) is 0 Å². The first-order chi connectivity index (χ1) is 10.3. The molecule has 0 atom stereocenters. The molecule has 4 heteroatoms. The van der Waals surface area contributed by atoms with E-state index in [1.165, 1.54) is 27.0 Å². The van der Waals surface area contributed by atoms with Gasteiger partial charge in [-0.25, -0.2) is 0 Å². The second-order valence-electron chi connectivity index (χ2n) is 4.81. The summed E-state index contributed by atoms with van der Waals surface area (Å²) in [5.74, 6) is 0.216. The van der Waals surface area contributed by atoms with Crippen molar-refractivity contribution in [2.75, 3.05) is 12.5 Å². The van der Waals surface area contributed by atoms with Crippen LogP contribution in [0.3, 0.4) is 0 Å². The maximum absolute atomic E-state index is 3.52. The molecule has 21 heavy (non-hydrogen) atoms. The van der Waals surface area contributed by atoms with Crippen molar-refractivity contribution in [1.82, 2.24) is 9.97 Å². The van der Waals surface area contributed by atoms with E-state index in [2.05, 4.69) is 77.1 Å². The summed E-state index contributed by atoms with van der Waals surface area (Å²) in [5.41, 5.74) is 3.74. The lowest BCUT2D eigenvalue weighted by Crippen LogP contribution is -2.04. The number of hydrogen-bond acceptors (Lipinski definition) is 2. The number of aromatic amines is 2. The Labute approximate surface area is 133 Å². The summed E-state index contributed by atoms with van der Waals surface area (Å²) in [4.78, 5) is 7.05. The van der Waals surface area contributed by atoms with Gasteiger partial charge in [-0.3, -0.25) is 0 Å². The molecule has 0 saturated heterocycles. The van der Waals surface area contributed by atoms with Gasteiger partial charge in [-0.1, -0.05) is 30.3 Å². The molecule has 0 aliphatic heterocycles. The van der Waals surface area contributed by atoms with E-state index in [1.807, 2.05) is 0 Å². The second-order valence-corrected chi connectivity index (χ2v) is 6.50. The van der Waals surface area contributed by atoms with Crippen LogP contribution in [0.1, 0.15) is 22.9 Å². The molecule has 1 aromatic carbocycles. The standard InChI is InChI=1S/C17H18N2S2/c1-20-15-10-8-13(18-15)17(12-6-4-3-5-7-12)14-9-11-16(19-14)21-2/h3-11,17-19H,1-2H3. The van der Waals surface area contributed by atoms with Crippen LogP contribution >= 0.6 is 23.5 Å². The summed E-state index contributed by atoms with van der Waals surface area (Å²) in [5, 5.41) is 2.39. The average molecular weight is 314 g/mol. The fraction of sp³-hybridized carbons (Fsp3) is 0.176. The number of nitrogens with one attached hydrogen (secondary N) is 2. The van der Waals surface area contributed by atoms with Crippen LogP contribution in [0.15, 0.2) is 64.6 Å². The van der Waals surface area contributed by atoms with Crippen molar-refractivity contribution in [2.24, 2.45) is 0 Å². The number of benzene rings is 1. The molecule has 0 amide bonds. The van der Waals surface area contributed by atoms with Crippen molar-refractivity contribution in [3.8, 4) is 0 Å². The summed E-state index contributed by atoms with van der Waals surface area (Å²) in [6, 6.07) is 19.3. The molecular formula is C17H18N2S2. The highest BCUT2D eigenvalue weighted by atomic mass is 32.2. The maximum atomic E-state index is 3.52. The van der Waals surface area contributed by atoms with Crippen molar-refractivity contribution in [3.05, 3.63) is 71.5 Å². The summed E-state index contributed by atoms with van der Waals surface area (Å²) in [6.45, 7) is 0. The molecular weight excluding hydrogens is 296 g/mol. The summed E-state index contributed by atoms with van der Waals surface area (Å²) in [7, 11) is 0. The van der Waals surface area contributed by atoms with E-state index < -0.39 is 0 Å². The van der Waals surface area contributed by atoms with Crippen molar-refractivity contribution in [2.45, 2.75) is 16.0 Å². The predicted molar refractivity (Wildman–Crippen MR) is 92.5 cm³/mol. The topological polar surface area (TPSA) is 31.6 Å². The monoisotopic (exact) mass is 314 g/mol. The van der Waals surface area contributed by atoms with Crippen LogP contribution in [0.25, 0.3) is 0 Å². The molecule has 2 N–H and O–H groups in total. The Morgan fingerprint density at radius 3 is 1.67 bits per heavy atom. The normalized spacial score (nSPS) is 11.2. The van der Waals surface area contributed by atoms with Gasteiger partial charge in [0.15, 0.2) is 0 Å². The zero-order valence-electron chi connectivity index (χ0n) is 12.1. The SMILES string of the molecule is CSc1ccc(C(c2ccccc2)c2ccc(SC)[nH]2)[nH]1. The molecule has 0 fully saturated rings. The van der Waals surface area contributed by atoms with Crippen molar-refractivity contribution < 1.29 is 0 Å². The van der Waals surface area contributed by atoms with Crippen molar-refractivity contribution in [3.63, 3.8) is 0 Å². The highest BCUT2D eigenvalue weighted by molar-refractivity contribution is 7.98. The highest BCUT2D eigenvalue weighted by Gasteiger charge is 2.19. The van der Waals surface area contributed by atoms with Crippen LogP contribution in [-0.2, 0) is 0 Å². The Balaban J connectivity index is 2.06. The van der Waals surface area contributed by atoms with Gasteiger partial charge in [-0.15, -0.1) is 23.5 Å². The molecule has 0 radical (unpaired) electrons. The minimum Gasteiger partial charge on any atom is -0.353 e. The first kappa shape index (κ1) is 14.4. The van der Waals surface area contributed by atoms with Gasteiger partial charge >= 0.3 is 0 Å². The maximum Gasteiger partial charge on any atom is 0.0721 e. The smallest absolute Gasteiger partial charge is 0.0721 e. The third-order valence-corrected chi connectivity index (χ3v) is 4.91. The molecule has 3 rings (SSSR count). The van der Waals surface area contributed by atoms with E-state index in [0.717, 1.165) is 0 Å². The number of H-pyrrole nitrogens is 2. The lowest BCUT2D eigenvalue weighted by molar-refractivity contribution is 0.871. The van der Waals surface area contributed by atoms with Crippen LogP contribution in [0.4, 0.5) is 0 Å². The average Bonchev–Trinajstić information content (AvgIpc) is 3.18. The number of thioether (sulfide) groups is 2. The Hall–Kier alpha value is -1.52. The molecule has 0 aliphatic rings. The highest BCUT2D eigenvalue weighted by Crippen LogP contribution is 2.33. The Morgan fingerprint density at radius 2 is 1.24 bits per heavy atom. The van der Waals surface area contributed by atoms with Crippen molar-refractivity contribution >= 4 is 23.5 Å². The third kappa shape index (κ3) is 3.06. The zero-order valence-corrected chi connectivity index (χ0v) is 13.7. The number of hydrogen-bond donors (Lipinski definition) is 2. The summed E-state index contributed by atoms with van der Waals surface area (Å²) < 4.78 is 0. The first-order valence-corrected chi connectivity index (χ1v) is 9.27. The van der Waals surface area contributed by atoms with Crippen LogP contribution in [0, 0.1) is 0 Å². The fourth-order valence-electron chi connectivity index (χ4n) is 2.53. The molecule has 2 nitrogen and oxygen atoms in total. The predicted octanol–water partition coefficient (Wildman–Crippen LogP) is 4.97. The van der Waals surface area contributed by atoms with E-state index >= 15 is 0 Å². The van der Waals surface area contributed by atoms with Gasteiger partial charge < -0.3 is 9.97 Å². The first-order valence-electron chi connectivity index (χ1n) is 6.82. The molecule has 0 bridgehead atoms. The van der Waals surface area contributed by atoms with Gasteiger partial charge in [-0.2, -0.15) is 0 Å². The molecule has 0 aliphatic carbocycles. The third-order valence-electron chi connectivity index (χ3n) is 3.56. The van der Waals surface area contributed by atoms with Crippen LogP contribution in [0.2, 0.25) is 0 Å². The molecule has 108 valence electrons. The van der Waals surface area contributed by atoms with Gasteiger partial charge in [0.2, 0.25) is 0 Å².